The van der Waals surface area contributed by atoms with E-state index in [1.54, 1.807) is 12.3 Å². The lowest BCUT2D eigenvalue weighted by molar-refractivity contribution is 0.476. The lowest BCUT2D eigenvalue weighted by Crippen LogP contribution is -1.88. The summed E-state index contributed by atoms with van der Waals surface area (Å²) < 4.78 is 11.3. The third kappa shape index (κ3) is 2.35. The van der Waals surface area contributed by atoms with Gasteiger partial charge in [0.15, 0.2) is 11.2 Å². The van der Waals surface area contributed by atoms with Crippen LogP contribution in [0.3, 0.4) is 0 Å². The summed E-state index contributed by atoms with van der Waals surface area (Å²) in [5, 5.41) is 8.11. The maximum atomic E-state index is 5.67. The van der Waals surface area contributed by atoms with E-state index < -0.39 is 0 Å². The van der Waals surface area contributed by atoms with Crippen LogP contribution in [0.15, 0.2) is 51.4 Å². The minimum atomic E-state index is 0.342. The Hall–Kier alpha value is -3.02. The average Bonchev–Trinajstić information content (AvgIpc) is 3.14. The van der Waals surface area contributed by atoms with E-state index in [1.807, 2.05) is 37.3 Å². The number of nitrogens with zero attached hydrogens (tertiary/aromatic N) is 4. The third-order valence-electron chi connectivity index (χ3n) is 3.28. The Balaban J connectivity index is 1.60. The van der Waals surface area contributed by atoms with Crippen LogP contribution in [0.5, 0.6) is 0 Å². The molecule has 0 bridgehead atoms. The van der Waals surface area contributed by atoms with Crippen molar-refractivity contribution in [1.82, 2.24) is 20.2 Å². The Morgan fingerprint density at radius 3 is 2.64 bits per heavy atom. The highest BCUT2D eigenvalue weighted by Gasteiger charge is 2.13. The fourth-order valence-electron chi connectivity index (χ4n) is 2.16. The molecule has 1 aromatic carbocycles. The van der Waals surface area contributed by atoms with Gasteiger partial charge in [0.25, 0.3) is 0 Å². The topological polar surface area (TPSA) is 77.8 Å². The molecule has 4 rings (SSSR count). The molecule has 0 saturated carbocycles. The van der Waals surface area contributed by atoms with E-state index in [0.29, 0.717) is 35.3 Å². The summed E-state index contributed by atoms with van der Waals surface area (Å²) in [6.07, 6.45) is 2.02. The standard InChI is InChI=1S/C16H12N4O2/c1-10-4-6-11(7-5-10)16-20-19-14(22-16)9-13-18-15-12(21-13)3-2-8-17-15/h2-8H,9H2,1H3. The van der Waals surface area contributed by atoms with Crippen molar-refractivity contribution in [3.8, 4) is 11.5 Å². The zero-order chi connectivity index (χ0) is 14.9. The number of benzene rings is 1. The molecule has 0 atom stereocenters. The van der Waals surface area contributed by atoms with Crippen LogP contribution < -0.4 is 0 Å². The lowest BCUT2D eigenvalue weighted by atomic mass is 10.1. The number of aryl methyl sites for hydroxylation is 1. The van der Waals surface area contributed by atoms with Gasteiger partial charge in [-0.3, -0.25) is 0 Å². The number of fused-ring (bicyclic) bond motifs is 1. The second kappa shape index (κ2) is 5.07. The number of oxazole rings is 1. The van der Waals surface area contributed by atoms with E-state index in [2.05, 4.69) is 20.2 Å². The Morgan fingerprint density at radius 2 is 1.82 bits per heavy atom. The van der Waals surface area contributed by atoms with Crippen molar-refractivity contribution in [1.29, 1.82) is 0 Å². The summed E-state index contributed by atoms with van der Waals surface area (Å²) in [7, 11) is 0. The predicted molar refractivity (Wildman–Crippen MR) is 79.1 cm³/mol. The van der Waals surface area contributed by atoms with Crippen LogP contribution in [0.25, 0.3) is 22.7 Å². The molecule has 0 aliphatic heterocycles. The first-order chi connectivity index (χ1) is 10.8. The Morgan fingerprint density at radius 1 is 0.955 bits per heavy atom. The molecule has 0 aliphatic carbocycles. The molecule has 22 heavy (non-hydrogen) atoms. The summed E-state index contributed by atoms with van der Waals surface area (Å²) in [4.78, 5) is 8.43. The molecule has 0 unspecified atom stereocenters. The van der Waals surface area contributed by atoms with Crippen molar-refractivity contribution in [3.05, 3.63) is 59.9 Å². The first kappa shape index (κ1) is 12.7. The monoisotopic (exact) mass is 292 g/mol. The molecule has 3 heterocycles. The number of rotatable bonds is 3. The van der Waals surface area contributed by atoms with Gasteiger partial charge in [0.1, 0.15) is 6.42 Å². The summed E-state index contributed by atoms with van der Waals surface area (Å²) in [6.45, 7) is 2.03. The highest BCUT2D eigenvalue weighted by molar-refractivity contribution is 5.66. The van der Waals surface area contributed by atoms with Crippen molar-refractivity contribution < 1.29 is 8.83 Å². The largest absolute Gasteiger partial charge is 0.438 e. The molecule has 0 fully saturated rings. The minimum Gasteiger partial charge on any atom is -0.438 e. The molecule has 0 radical (unpaired) electrons. The molecular formula is C16H12N4O2. The van der Waals surface area contributed by atoms with Gasteiger partial charge in [0.05, 0.1) is 0 Å². The minimum absolute atomic E-state index is 0.342. The first-order valence-electron chi connectivity index (χ1n) is 6.88. The van der Waals surface area contributed by atoms with E-state index in [4.69, 9.17) is 8.83 Å². The quantitative estimate of drug-likeness (QED) is 0.577. The maximum absolute atomic E-state index is 5.67. The van der Waals surface area contributed by atoms with Crippen LogP contribution in [0, 0.1) is 6.92 Å². The first-order valence-corrected chi connectivity index (χ1v) is 6.88. The van der Waals surface area contributed by atoms with Gasteiger partial charge in [-0.15, -0.1) is 10.2 Å². The van der Waals surface area contributed by atoms with Gasteiger partial charge >= 0.3 is 0 Å². The van der Waals surface area contributed by atoms with E-state index in [9.17, 15) is 0 Å². The average molecular weight is 292 g/mol. The zero-order valence-corrected chi connectivity index (χ0v) is 11.9. The van der Waals surface area contributed by atoms with Crippen LogP contribution in [0.1, 0.15) is 17.3 Å². The van der Waals surface area contributed by atoms with Crippen molar-refractivity contribution in [2.45, 2.75) is 13.3 Å². The Kier molecular flexibility index (Phi) is 2.93. The molecule has 0 amide bonds. The summed E-state index contributed by atoms with van der Waals surface area (Å²) >= 11 is 0. The Labute approximate surface area is 125 Å². The predicted octanol–water partition coefficient (Wildman–Crippen LogP) is 3.17. The molecular weight excluding hydrogens is 280 g/mol. The zero-order valence-electron chi connectivity index (χ0n) is 11.9. The van der Waals surface area contributed by atoms with Crippen molar-refractivity contribution in [2.24, 2.45) is 0 Å². The van der Waals surface area contributed by atoms with Crippen molar-refractivity contribution in [3.63, 3.8) is 0 Å². The molecule has 0 N–H and O–H groups in total. The van der Waals surface area contributed by atoms with Crippen LogP contribution >= 0.6 is 0 Å². The second-order valence-electron chi connectivity index (χ2n) is 4.98. The normalized spacial score (nSPS) is 11.1. The molecule has 6 nitrogen and oxygen atoms in total. The van der Waals surface area contributed by atoms with Gasteiger partial charge in [-0.1, -0.05) is 17.7 Å². The van der Waals surface area contributed by atoms with Crippen LogP contribution in [0.4, 0.5) is 0 Å². The third-order valence-corrected chi connectivity index (χ3v) is 3.28. The van der Waals surface area contributed by atoms with Crippen LogP contribution in [0.2, 0.25) is 0 Å². The molecule has 0 aliphatic rings. The number of hydrogen-bond donors (Lipinski definition) is 0. The van der Waals surface area contributed by atoms with E-state index in [0.717, 1.165) is 5.56 Å². The highest BCUT2D eigenvalue weighted by Crippen LogP contribution is 2.20. The number of aromatic nitrogens is 4. The fraction of sp³-hybridized carbons (Fsp3) is 0.125. The SMILES string of the molecule is Cc1ccc(-c2nnc(Cc3nc4ncccc4o3)o2)cc1. The fourth-order valence-corrected chi connectivity index (χ4v) is 2.16. The van der Waals surface area contributed by atoms with E-state index in [-0.39, 0.29) is 0 Å². The van der Waals surface area contributed by atoms with Gasteiger partial charge < -0.3 is 8.83 Å². The lowest BCUT2D eigenvalue weighted by Gasteiger charge is -1.95. The van der Waals surface area contributed by atoms with Gasteiger partial charge in [0.2, 0.25) is 17.7 Å². The second-order valence-corrected chi connectivity index (χ2v) is 4.98. The van der Waals surface area contributed by atoms with Crippen LogP contribution in [-0.2, 0) is 6.42 Å². The molecule has 0 spiro atoms. The van der Waals surface area contributed by atoms with Crippen LogP contribution in [-0.4, -0.2) is 20.2 Å². The summed E-state index contributed by atoms with van der Waals surface area (Å²) in [6, 6.07) is 11.5. The number of pyridine rings is 1. The Bertz CT molecular complexity index is 892. The van der Waals surface area contributed by atoms with E-state index >= 15 is 0 Å². The summed E-state index contributed by atoms with van der Waals surface area (Å²) in [5.74, 6) is 1.46. The molecule has 108 valence electrons. The van der Waals surface area contributed by atoms with Gasteiger partial charge in [-0.2, -0.15) is 4.98 Å². The number of hydrogen-bond acceptors (Lipinski definition) is 6. The van der Waals surface area contributed by atoms with Gasteiger partial charge in [-0.25, -0.2) is 4.98 Å². The highest BCUT2D eigenvalue weighted by atomic mass is 16.4. The maximum Gasteiger partial charge on any atom is 0.247 e. The van der Waals surface area contributed by atoms with E-state index in [1.165, 1.54) is 5.56 Å². The van der Waals surface area contributed by atoms with Gasteiger partial charge in [-0.05, 0) is 31.2 Å². The molecule has 0 saturated heterocycles. The molecule has 4 aromatic rings. The molecule has 6 heteroatoms. The van der Waals surface area contributed by atoms with Crippen molar-refractivity contribution >= 4 is 11.2 Å². The van der Waals surface area contributed by atoms with Gasteiger partial charge in [0, 0.05) is 11.8 Å². The molecule has 3 aromatic heterocycles. The smallest absolute Gasteiger partial charge is 0.247 e. The van der Waals surface area contributed by atoms with Crippen molar-refractivity contribution in [2.75, 3.05) is 0 Å². The summed E-state index contributed by atoms with van der Waals surface area (Å²) in [5.41, 5.74) is 3.30.